The molecule has 0 aliphatic carbocycles. The van der Waals surface area contributed by atoms with E-state index < -0.39 is 5.82 Å². The van der Waals surface area contributed by atoms with E-state index in [1.165, 1.54) is 24.0 Å². The predicted molar refractivity (Wildman–Crippen MR) is 65.2 cm³/mol. The molecular formula is C12H16FNOS. The summed E-state index contributed by atoms with van der Waals surface area (Å²) >= 11 is 1.98. The van der Waals surface area contributed by atoms with Gasteiger partial charge in [0.05, 0.1) is 0 Å². The normalized spacial score (nSPS) is 20.2. The third-order valence-corrected chi connectivity index (χ3v) is 4.07. The first-order valence-electron chi connectivity index (χ1n) is 5.52. The highest BCUT2D eigenvalue weighted by molar-refractivity contribution is 7.99. The van der Waals surface area contributed by atoms with Gasteiger partial charge >= 0.3 is 0 Å². The van der Waals surface area contributed by atoms with Crippen LogP contribution < -0.4 is 5.32 Å². The number of hydrogen-bond donors (Lipinski definition) is 2. The topological polar surface area (TPSA) is 32.3 Å². The molecule has 0 amide bonds. The molecule has 1 aliphatic heterocycles. The molecule has 0 saturated carbocycles. The quantitative estimate of drug-likeness (QED) is 0.849. The zero-order chi connectivity index (χ0) is 11.4. The Kier molecular flexibility index (Phi) is 4.07. The third-order valence-electron chi connectivity index (χ3n) is 2.84. The lowest BCUT2D eigenvalue weighted by Gasteiger charge is -2.10. The number of halogens is 1. The van der Waals surface area contributed by atoms with Gasteiger partial charge in [0.15, 0.2) is 11.6 Å². The number of phenolic OH excluding ortho intramolecular Hbond substituents is 1. The van der Waals surface area contributed by atoms with Gasteiger partial charge in [-0.1, -0.05) is 12.1 Å². The second-order valence-electron chi connectivity index (χ2n) is 4.11. The summed E-state index contributed by atoms with van der Waals surface area (Å²) in [5, 5.41) is 12.7. The zero-order valence-corrected chi connectivity index (χ0v) is 9.89. The van der Waals surface area contributed by atoms with Crippen molar-refractivity contribution in [2.24, 2.45) is 5.92 Å². The summed E-state index contributed by atoms with van der Waals surface area (Å²) in [6.45, 7) is 1.48. The van der Waals surface area contributed by atoms with Crippen LogP contribution in [-0.2, 0) is 6.54 Å². The number of nitrogens with one attached hydrogen (secondary N) is 1. The highest BCUT2D eigenvalue weighted by atomic mass is 32.2. The molecule has 0 spiro atoms. The van der Waals surface area contributed by atoms with E-state index in [1.807, 2.05) is 11.8 Å². The van der Waals surface area contributed by atoms with Crippen LogP contribution >= 0.6 is 11.8 Å². The highest BCUT2D eigenvalue weighted by Crippen LogP contribution is 2.23. The summed E-state index contributed by atoms with van der Waals surface area (Å²) in [4.78, 5) is 0. The van der Waals surface area contributed by atoms with Crippen LogP contribution in [0.15, 0.2) is 18.2 Å². The van der Waals surface area contributed by atoms with Gasteiger partial charge in [-0.2, -0.15) is 11.8 Å². The van der Waals surface area contributed by atoms with Gasteiger partial charge in [-0.3, -0.25) is 0 Å². The van der Waals surface area contributed by atoms with Crippen LogP contribution in [0.25, 0.3) is 0 Å². The second kappa shape index (κ2) is 5.55. The average Bonchev–Trinajstić information content (AvgIpc) is 2.77. The van der Waals surface area contributed by atoms with Crippen LogP contribution in [0, 0.1) is 11.7 Å². The summed E-state index contributed by atoms with van der Waals surface area (Å²) in [5.74, 6) is 2.41. The van der Waals surface area contributed by atoms with Gasteiger partial charge in [0.25, 0.3) is 0 Å². The molecule has 1 atom stereocenters. The number of rotatable bonds is 4. The maximum absolute atomic E-state index is 13.0. The summed E-state index contributed by atoms with van der Waals surface area (Å²) in [6.07, 6.45) is 1.26. The van der Waals surface area contributed by atoms with Crippen LogP contribution in [-0.4, -0.2) is 23.2 Å². The molecule has 2 nitrogen and oxygen atoms in total. The molecule has 1 heterocycles. The monoisotopic (exact) mass is 241 g/mol. The smallest absolute Gasteiger partial charge is 0.165 e. The predicted octanol–water partition coefficient (Wildman–Crippen LogP) is 2.37. The lowest BCUT2D eigenvalue weighted by Crippen LogP contribution is -2.22. The largest absolute Gasteiger partial charge is 0.505 e. The van der Waals surface area contributed by atoms with E-state index in [2.05, 4.69) is 5.32 Å². The maximum Gasteiger partial charge on any atom is 0.165 e. The number of para-hydroxylation sites is 1. The Morgan fingerprint density at radius 1 is 1.50 bits per heavy atom. The second-order valence-corrected chi connectivity index (χ2v) is 5.26. The molecule has 1 aromatic carbocycles. The molecule has 1 aliphatic rings. The molecule has 1 saturated heterocycles. The zero-order valence-electron chi connectivity index (χ0n) is 9.08. The SMILES string of the molecule is Oc1c(F)cccc1CNCC1CCSC1. The Balaban J connectivity index is 1.82. The fourth-order valence-corrected chi connectivity index (χ4v) is 3.14. The summed E-state index contributed by atoms with van der Waals surface area (Å²) in [7, 11) is 0. The number of aromatic hydroxyl groups is 1. The van der Waals surface area contributed by atoms with Crippen LogP contribution in [0.2, 0.25) is 0 Å². The molecule has 1 fully saturated rings. The van der Waals surface area contributed by atoms with Crippen LogP contribution in [0.1, 0.15) is 12.0 Å². The Bertz CT molecular complexity index is 353. The van der Waals surface area contributed by atoms with Gasteiger partial charge in [-0.15, -0.1) is 0 Å². The van der Waals surface area contributed by atoms with E-state index in [9.17, 15) is 9.50 Å². The van der Waals surface area contributed by atoms with Crippen molar-refractivity contribution in [1.29, 1.82) is 0 Å². The Morgan fingerprint density at radius 3 is 3.12 bits per heavy atom. The summed E-state index contributed by atoms with van der Waals surface area (Å²) in [6, 6.07) is 4.64. The van der Waals surface area contributed by atoms with Crippen LogP contribution in [0.5, 0.6) is 5.75 Å². The minimum atomic E-state index is -0.546. The minimum Gasteiger partial charge on any atom is -0.505 e. The molecule has 0 bridgehead atoms. The van der Waals surface area contributed by atoms with Crippen LogP contribution in [0.4, 0.5) is 4.39 Å². The molecule has 88 valence electrons. The molecular weight excluding hydrogens is 225 g/mol. The Morgan fingerprint density at radius 2 is 2.38 bits per heavy atom. The maximum atomic E-state index is 13.0. The van der Waals surface area contributed by atoms with Gasteiger partial charge in [0, 0.05) is 12.1 Å². The van der Waals surface area contributed by atoms with Gasteiger partial charge in [0.2, 0.25) is 0 Å². The van der Waals surface area contributed by atoms with Gasteiger partial charge in [-0.25, -0.2) is 4.39 Å². The van der Waals surface area contributed by atoms with E-state index in [0.29, 0.717) is 12.1 Å². The van der Waals surface area contributed by atoms with Crippen LogP contribution in [0.3, 0.4) is 0 Å². The van der Waals surface area contributed by atoms with Crippen molar-refractivity contribution in [3.63, 3.8) is 0 Å². The summed E-state index contributed by atoms with van der Waals surface area (Å²) < 4.78 is 13.0. The van der Waals surface area contributed by atoms with E-state index in [1.54, 1.807) is 12.1 Å². The minimum absolute atomic E-state index is 0.226. The van der Waals surface area contributed by atoms with Crippen molar-refractivity contribution in [3.8, 4) is 5.75 Å². The van der Waals surface area contributed by atoms with Crippen molar-refractivity contribution in [2.45, 2.75) is 13.0 Å². The molecule has 2 rings (SSSR count). The Hall–Kier alpha value is -0.740. The van der Waals surface area contributed by atoms with E-state index >= 15 is 0 Å². The number of hydrogen-bond acceptors (Lipinski definition) is 3. The van der Waals surface area contributed by atoms with E-state index in [4.69, 9.17) is 0 Å². The van der Waals surface area contributed by atoms with Crippen molar-refractivity contribution in [2.75, 3.05) is 18.1 Å². The third kappa shape index (κ3) is 2.89. The molecule has 1 unspecified atom stereocenters. The molecule has 0 radical (unpaired) electrons. The molecule has 0 aromatic heterocycles. The summed E-state index contributed by atoms with van der Waals surface area (Å²) in [5.41, 5.74) is 0.630. The highest BCUT2D eigenvalue weighted by Gasteiger charge is 2.15. The van der Waals surface area contributed by atoms with Crippen molar-refractivity contribution < 1.29 is 9.50 Å². The molecule has 1 aromatic rings. The van der Waals surface area contributed by atoms with Gasteiger partial charge in [0.1, 0.15) is 0 Å². The lowest BCUT2D eigenvalue weighted by molar-refractivity contribution is 0.421. The first-order valence-corrected chi connectivity index (χ1v) is 6.67. The molecule has 2 N–H and O–H groups in total. The Labute approximate surface area is 99.2 Å². The number of phenols is 1. The van der Waals surface area contributed by atoms with Crippen molar-refractivity contribution >= 4 is 11.8 Å². The fraction of sp³-hybridized carbons (Fsp3) is 0.500. The molecule has 16 heavy (non-hydrogen) atoms. The van der Waals surface area contributed by atoms with E-state index in [-0.39, 0.29) is 5.75 Å². The lowest BCUT2D eigenvalue weighted by atomic mass is 10.1. The average molecular weight is 241 g/mol. The first-order chi connectivity index (χ1) is 7.77. The standard InChI is InChI=1S/C12H16FNOS/c13-11-3-1-2-10(12(11)15)7-14-6-9-4-5-16-8-9/h1-3,9,14-15H,4-8H2. The van der Waals surface area contributed by atoms with E-state index in [0.717, 1.165) is 12.5 Å². The van der Waals surface area contributed by atoms with Crippen molar-refractivity contribution in [3.05, 3.63) is 29.6 Å². The molecule has 4 heteroatoms. The first kappa shape index (κ1) is 11.7. The number of thioether (sulfide) groups is 1. The van der Waals surface area contributed by atoms with Crippen molar-refractivity contribution in [1.82, 2.24) is 5.32 Å². The van der Waals surface area contributed by atoms with Gasteiger partial charge in [-0.05, 0) is 36.5 Å². The van der Waals surface area contributed by atoms with Gasteiger partial charge < -0.3 is 10.4 Å². The fourth-order valence-electron chi connectivity index (χ4n) is 1.86. The number of benzene rings is 1.